The van der Waals surface area contributed by atoms with Gasteiger partial charge in [0.05, 0.1) is 17.9 Å². The Morgan fingerprint density at radius 1 is 1.16 bits per heavy atom. The van der Waals surface area contributed by atoms with Crippen LogP contribution in [0.3, 0.4) is 0 Å². The lowest BCUT2D eigenvalue weighted by molar-refractivity contribution is -0.128. The molecule has 32 heavy (non-hydrogen) atoms. The van der Waals surface area contributed by atoms with Gasteiger partial charge in [-0.2, -0.15) is 0 Å². The van der Waals surface area contributed by atoms with Crippen molar-refractivity contribution in [1.82, 2.24) is 20.6 Å². The number of carbonyl (C=O) groups excluding carboxylic acids is 1. The molecule has 2 atom stereocenters. The number of benzene rings is 1. The Balaban J connectivity index is 1.48. The molecule has 2 bridgehead atoms. The summed E-state index contributed by atoms with van der Waals surface area (Å²) in [6, 6.07) is 4.30. The van der Waals surface area contributed by atoms with Crippen LogP contribution in [0.4, 0.5) is 13.2 Å². The molecule has 1 aromatic carbocycles. The molecule has 0 unspecified atom stereocenters. The van der Waals surface area contributed by atoms with Crippen LogP contribution >= 0.6 is 0 Å². The summed E-state index contributed by atoms with van der Waals surface area (Å²) in [5, 5.41) is 6.44. The highest BCUT2D eigenvalue weighted by atomic mass is 19.1. The van der Waals surface area contributed by atoms with Gasteiger partial charge in [-0.3, -0.25) is 19.9 Å². The molecule has 0 aliphatic heterocycles. The number of hydrogen-bond donors (Lipinski definition) is 3. The predicted molar refractivity (Wildman–Crippen MR) is 111 cm³/mol. The topological polar surface area (TPSA) is 86.9 Å². The quantitative estimate of drug-likeness (QED) is 0.546. The van der Waals surface area contributed by atoms with Crippen LogP contribution in [-0.2, 0) is 4.79 Å². The van der Waals surface area contributed by atoms with E-state index < -0.39 is 41.0 Å². The molecule has 3 saturated carbocycles. The molecule has 3 fully saturated rings. The number of halogens is 3. The van der Waals surface area contributed by atoms with Gasteiger partial charge in [0.2, 0.25) is 5.91 Å². The molecule has 2 aromatic heterocycles. The molecule has 3 N–H and O–H groups in total. The Morgan fingerprint density at radius 2 is 1.91 bits per heavy atom. The zero-order valence-corrected chi connectivity index (χ0v) is 17.2. The maximum atomic E-state index is 14.1. The van der Waals surface area contributed by atoms with Gasteiger partial charge in [-0.25, -0.2) is 13.2 Å². The van der Waals surface area contributed by atoms with Crippen molar-refractivity contribution in [3.05, 3.63) is 75.6 Å². The zero-order valence-electron chi connectivity index (χ0n) is 17.2. The van der Waals surface area contributed by atoms with E-state index in [1.165, 1.54) is 31.2 Å². The molecule has 166 valence electrons. The van der Waals surface area contributed by atoms with Crippen molar-refractivity contribution >= 4 is 16.8 Å². The smallest absolute Gasteiger partial charge is 0.253 e. The van der Waals surface area contributed by atoms with Crippen molar-refractivity contribution < 1.29 is 18.0 Å². The maximum Gasteiger partial charge on any atom is 0.253 e. The third kappa shape index (κ3) is 3.56. The number of rotatable bonds is 6. The van der Waals surface area contributed by atoms with E-state index in [4.69, 9.17) is 0 Å². The SMILES string of the molecule is C[C@@H](NC(=O)[C@@H](NC12CC(C1)C2)c1cc2cc(F)ccc2[nH]c1=O)c1ncc(F)cc1F. The van der Waals surface area contributed by atoms with Crippen molar-refractivity contribution in [1.29, 1.82) is 0 Å². The molecule has 2 heterocycles. The lowest BCUT2D eigenvalue weighted by Gasteiger charge is -2.63. The molecule has 9 heteroatoms. The number of nitrogens with zero attached hydrogens (tertiary/aromatic N) is 1. The highest BCUT2D eigenvalue weighted by molar-refractivity contribution is 5.86. The molecule has 3 aliphatic carbocycles. The first-order valence-electron chi connectivity index (χ1n) is 10.4. The van der Waals surface area contributed by atoms with Crippen molar-refractivity contribution in [2.75, 3.05) is 0 Å². The predicted octanol–water partition coefficient (Wildman–Crippen LogP) is 3.40. The molecule has 3 aliphatic rings. The first-order chi connectivity index (χ1) is 15.2. The normalized spacial score (nSPS) is 23.2. The van der Waals surface area contributed by atoms with Gasteiger partial charge in [0.15, 0.2) is 0 Å². The lowest BCUT2D eigenvalue weighted by Crippen LogP contribution is -2.68. The third-order valence-electron chi connectivity index (χ3n) is 6.50. The van der Waals surface area contributed by atoms with Crippen molar-refractivity contribution in [3.8, 4) is 0 Å². The Labute approximate surface area is 181 Å². The lowest BCUT2D eigenvalue weighted by atomic mass is 9.49. The summed E-state index contributed by atoms with van der Waals surface area (Å²) in [5.41, 5.74) is -0.194. The summed E-state index contributed by atoms with van der Waals surface area (Å²) < 4.78 is 41.1. The second-order valence-electron chi connectivity index (χ2n) is 8.87. The van der Waals surface area contributed by atoms with Gasteiger partial charge in [0.25, 0.3) is 5.56 Å². The zero-order chi connectivity index (χ0) is 22.6. The second-order valence-corrected chi connectivity index (χ2v) is 8.87. The van der Waals surface area contributed by atoms with E-state index in [1.54, 1.807) is 0 Å². The standard InChI is InChI=1S/C23H21F3N4O2/c1-11(19-17(26)6-15(25)10-27-19)28-22(32)20(30-23-7-12(8-23)9-23)16-5-13-4-14(24)2-3-18(13)29-21(16)31/h2-6,10-12,20,30H,7-9H2,1H3,(H,28,32)(H,29,31)/t11-,12?,20+,23?/m1/s1. The molecular weight excluding hydrogens is 421 g/mol. The fraction of sp³-hybridized carbons (Fsp3) is 0.348. The minimum atomic E-state index is -1.03. The molecule has 0 spiro atoms. The molecule has 1 amide bonds. The minimum Gasteiger partial charge on any atom is -0.346 e. The van der Waals surface area contributed by atoms with Crippen LogP contribution in [0.1, 0.15) is 49.5 Å². The number of fused-ring (bicyclic) bond motifs is 1. The number of pyridine rings is 2. The van der Waals surface area contributed by atoms with Crippen LogP contribution in [-0.4, -0.2) is 21.4 Å². The van der Waals surface area contributed by atoms with Gasteiger partial charge in [0.1, 0.15) is 23.5 Å². The summed E-state index contributed by atoms with van der Waals surface area (Å²) in [4.78, 5) is 32.5. The van der Waals surface area contributed by atoms with Crippen LogP contribution < -0.4 is 16.2 Å². The molecule has 0 saturated heterocycles. The summed E-state index contributed by atoms with van der Waals surface area (Å²) >= 11 is 0. The highest BCUT2D eigenvalue weighted by Gasteiger charge is 2.57. The maximum absolute atomic E-state index is 14.1. The van der Waals surface area contributed by atoms with Gasteiger partial charge in [-0.05, 0) is 56.4 Å². The van der Waals surface area contributed by atoms with Crippen LogP contribution in [0, 0.1) is 23.4 Å². The molecule has 3 aromatic rings. The van der Waals surface area contributed by atoms with Crippen LogP contribution in [0.15, 0.2) is 41.3 Å². The Bertz CT molecular complexity index is 1270. The molecule has 0 radical (unpaired) electrons. The molecule has 6 rings (SSSR count). The fourth-order valence-corrected chi connectivity index (χ4v) is 4.76. The van der Waals surface area contributed by atoms with Gasteiger partial charge >= 0.3 is 0 Å². The van der Waals surface area contributed by atoms with Crippen LogP contribution in [0.25, 0.3) is 10.9 Å². The summed E-state index contributed by atoms with van der Waals surface area (Å²) in [7, 11) is 0. The van der Waals surface area contributed by atoms with Gasteiger partial charge in [-0.15, -0.1) is 0 Å². The first-order valence-corrected chi connectivity index (χ1v) is 10.4. The molecule has 6 nitrogen and oxygen atoms in total. The van der Waals surface area contributed by atoms with Crippen LogP contribution in [0.5, 0.6) is 0 Å². The van der Waals surface area contributed by atoms with Crippen molar-refractivity contribution in [2.45, 2.75) is 43.8 Å². The van der Waals surface area contributed by atoms with E-state index in [-0.39, 0.29) is 16.8 Å². The fourth-order valence-electron chi connectivity index (χ4n) is 4.76. The highest BCUT2D eigenvalue weighted by Crippen LogP contribution is 2.57. The van der Waals surface area contributed by atoms with E-state index in [0.717, 1.165) is 25.5 Å². The number of nitrogens with one attached hydrogen (secondary N) is 3. The largest absolute Gasteiger partial charge is 0.346 e. The Morgan fingerprint density at radius 3 is 2.56 bits per heavy atom. The third-order valence-corrected chi connectivity index (χ3v) is 6.50. The summed E-state index contributed by atoms with van der Waals surface area (Å²) in [6.45, 7) is 1.53. The average molecular weight is 442 g/mol. The van der Waals surface area contributed by atoms with E-state index in [1.807, 2.05) is 0 Å². The average Bonchev–Trinajstić information content (AvgIpc) is 2.66. The van der Waals surface area contributed by atoms with Crippen molar-refractivity contribution in [2.24, 2.45) is 5.92 Å². The first kappa shape index (κ1) is 20.7. The Kier molecular flexibility index (Phi) is 4.81. The number of hydrogen-bond acceptors (Lipinski definition) is 4. The Hall–Kier alpha value is -3.20. The monoisotopic (exact) mass is 442 g/mol. The van der Waals surface area contributed by atoms with Crippen LogP contribution in [0.2, 0.25) is 0 Å². The number of amides is 1. The number of aromatic amines is 1. The number of carbonyl (C=O) groups is 1. The summed E-state index contributed by atoms with van der Waals surface area (Å²) in [5.74, 6) is -2.07. The van der Waals surface area contributed by atoms with E-state index >= 15 is 0 Å². The number of aromatic nitrogens is 2. The van der Waals surface area contributed by atoms with Crippen molar-refractivity contribution in [3.63, 3.8) is 0 Å². The van der Waals surface area contributed by atoms with Gasteiger partial charge in [0, 0.05) is 28.1 Å². The van der Waals surface area contributed by atoms with Gasteiger partial charge < -0.3 is 10.3 Å². The minimum absolute atomic E-state index is 0.112. The van der Waals surface area contributed by atoms with E-state index in [2.05, 4.69) is 20.6 Å². The van der Waals surface area contributed by atoms with Gasteiger partial charge in [-0.1, -0.05) is 0 Å². The second kappa shape index (κ2) is 7.44. The van der Waals surface area contributed by atoms with E-state index in [9.17, 15) is 22.8 Å². The molecular formula is C23H21F3N4O2. The number of H-pyrrole nitrogens is 1. The van der Waals surface area contributed by atoms with E-state index in [0.29, 0.717) is 22.9 Å². The summed E-state index contributed by atoms with van der Waals surface area (Å²) in [6.07, 6.45) is 3.63.